The summed E-state index contributed by atoms with van der Waals surface area (Å²) in [7, 11) is 1.79. The van der Waals surface area contributed by atoms with Gasteiger partial charge in [0.2, 0.25) is 0 Å². The molecule has 1 amide bonds. The Morgan fingerprint density at radius 3 is 2.94 bits per heavy atom. The number of rotatable bonds is 7. The predicted molar refractivity (Wildman–Crippen MR) is 69.8 cm³/mol. The average molecular weight is 257 g/mol. The van der Waals surface area contributed by atoms with E-state index < -0.39 is 0 Å². The van der Waals surface area contributed by atoms with Crippen LogP contribution < -0.4 is 10.6 Å². The fourth-order valence-electron chi connectivity index (χ4n) is 1.42. The van der Waals surface area contributed by atoms with Crippen molar-refractivity contribution in [2.75, 3.05) is 32.1 Å². The topological polar surface area (TPSA) is 63.2 Å². The largest absolute Gasteiger partial charge is 0.382 e. The number of aryl methyl sites for hydroxylation is 1. The molecule has 0 unspecified atom stereocenters. The Kier molecular flexibility index (Phi) is 5.93. The van der Waals surface area contributed by atoms with Gasteiger partial charge < -0.3 is 15.4 Å². The molecule has 0 spiro atoms. The lowest BCUT2D eigenvalue weighted by Gasteiger charge is -2.06. The van der Waals surface area contributed by atoms with Gasteiger partial charge in [0, 0.05) is 26.8 Å². The Balaban J connectivity index is 2.44. The van der Waals surface area contributed by atoms with E-state index in [0.29, 0.717) is 25.3 Å². The first-order chi connectivity index (χ1) is 8.20. The molecule has 17 heavy (non-hydrogen) atoms. The molecule has 0 aliphatic heterocycles. The molecule has 0 bridgehead atoms. The standard InChI is InChI=1S/C11H19N3O2S/c1-4-16-7-5-6-13-10(15)9-8(2)14-17-11(9)12-3/h12H,4-7H2,1-3H3,(H,13,15). The zero-order chi connectivity index (χ0) is 12.7. The molecule has 0 aromatic carbocycles. The van der Waals surface area contributed by atoms with Crippen LogP contribution in [0.5, 0.6) is 0 Å². The number of aromatic nitrogens is 1. The van der Waals surface area contributed by atoms with Crippen LogP contribution in [0.1, 0.15) is 29.4 Å². The van der Waals surface area contributed by atoms with Crippen molar-refractivity contribution in [3.05, 3.63) is 11.3 Å². The van der Waals surface area contributed by atoms with Crippen molar-refractivity contribution in [2.24, 2.45) is 0 Å². The van der Waals surface area contributed by atoms with Crippen LogP contribution in [0, 0.1) is 6.92 Å². The summed E-state index contributed by atoms with van der Waals surface area (Å²) >= 11 is 1.31. The van der Waals surface area contributed by atoms with Crippen molar-refractivity contribution >= 4 is 22.4 Å². The quantitative estimate of drug-likeness (QED) is 0.729. The maximum atomic E-state index is 11.9. The van der Waals surface area contributed by atoms with Gasteiger partial charge in [0.15, 0.2) is 0 Å². The number of hydrogen-bond acceptors (Lipinski definition) is 5. The number of hydrogen-bond donors (Lipinski definition) is 2. The molecule has 1 rings (SSSR count). The normalized spacial score (nSPS) is 10.3. The third kappa shape index (κ3) is 3.98. The van der Waals surface area contributed by atoms with Gasteiger partial charge in [-0.25, -0.2) is 0 Å². The Labute approximate surface area is 106 Å². The van der Waals surface area contributed by atoms with Crippen LogP contribution in [-0.4, -0.2) is 37.1 Å². The van der Waals surface area contributed by atoms with E-state index in [-0.39, 0.29) is 5.91 Å². The van der Waals surface area contributed by atoms with Gasteiger partial charge in [-0.1, -0.05) is 0 Å². The molecule has 1 heterocycles. The fraction of sp³-hybridized carbons (Fsp3) is 0.636. The second kappa shape index (κ2) is 7.24. The molecule has 5 nitrogen and oxygen atoms in total. The summed E-state index contributed by atoms with van der Waals surface area (Å²) in [5.41, 5.74) is 1.41. The van der Waals surface area contributed by atoms with Crippen LogP contribution in [0.2, 0.25) is 0 Å². The van der Waals surface area contributed by atoms with E-state index >= 15 is 0 Å². The SMILES string of the molecule is CCOCCCNC(=O)c1c(C)nsc1NC. The summed E-state index contributed by atoms with van der Waals surface area (Å²) in [6.07, 6.45) is 0.824. The smallest absolute Gasteiger partial charge is 0.256 e. The molecule has 0 aliphatic carbocycles. The third-order valence-corrected chi connectivity index (χ3v) is 3.23. The minimum atomic E-state index is -0.0721. The first-order valence-electron chi connectivity index (χ1n) is 5.70. The van der Waals surface area contributed by atoms with Gasteiger partial charge in [-0.05, 0) is 31.8 Å². The van der Waals surface area contributed by atoms with Crippen molar-refractivity contribution in [3.8, 4) is 0 Å². The number of amides is 1. The van der Waals surface area contributed by atoms with Gasteiger partial charge >= 0.3 is 0 Å². The summed E-state index contributed by atoms with van der Waals surface area (Å²) in [5, 5.41) is 6.66. The lowest BCUT2D eigenvalue weighted by Crippen LogP contribution is -2.26. The van der Waals surface area contributed by atoms with Gasteiger partial charge in [0.25, 0.3) is 5.91 Å². The molecular formula is C11H19N3O2S. The number of carbonyl (C=O) groups excluding carboxylic acids is 1. The highest BCUT2D eigenvalue weighted by Gasteiger charge is 2.16. The van der Waals surface area contributed by atoms with Crippen molar-refractivity contribution in [2.45, 2.75) is 20.3 Å². The summed E-state index contributed by atoms with van der Waals surface area (Å²) in [5.74, 6) is -0.0721. The molecule has 0 radical (unpaired) electrons. The molecule has 6 heteroatoms. The zero-order valence-corrected chi connectivity index (χ0v) is 11.3. The van der Waals surface area contributed by atoms with E-state index in [0.717, 1.165) is 17.1 Å². The number of ether oxygens (including phenoxy) is 1. The van der Waals surface area contributed by atoms with E-state index in [1.807, 2.05) is 13.8 Å². The second-order valence-electron chi connectivity index (χ2n) is 3.53. The van der Waals surface area contributed by atoms with Crippen molar-refractivity contribution in [1.82, 2.24) is 9.69 Å². The lowest BCUT2D eigenvalue weighted by atomic mass is 10.2. The predicted octanol–water partition coefficient (Wildman–Crippen LogP) is 1.65. The Bertz CT molecular complexity index is 366. The molecule has 0 fully saturated rings. The minimum Gasteiger partial charge on any atom is -0.382 e. The molecule has 0 atom stereocenters. The molecule has 0 saturated carbocycles. The van der Waals surface area contributed by atoms with Crippen LogP contribution in [0.15, 0.2) is 0 Å². The van der Waals surface area contributed by atoms with E-state index in [2.05, 4.69) is 15.0 Å². The third-order valence-electron chi connectivity index (χ3n) is 2.27. The lowest BCUT2D eigenvalue weighted by molar-refractivity contribution is 0.0944. The summed E-state index contributed by atoms with van der Waals surface area (Å²) in [6.45, 7) is 5.81. The maximum absolute atomic E-state index is 11.9. The van der Waals surface area contributed by atoms with E-state index in [4.69, 9.17) is 4.74 Å². The van der Waals surface area contributed by atoms with Gasteiger partial charge in [0.05, 0.1) is 11.3 Å². The van der Waals surface area contributed by atoms with Crippen molar-refractivity contribution in [1.29, 1.82) is 0 Å². The monoisotopic (exact) mass is 257 g/mol. The molecular weight excluding hydrogens is 238 g/mol. The first-order valence-corrected chi connectivity index (χ1v) is 6.48. The summed E-state index contributed by atoms with van der Waals surface area (Å²) in [6, 6.07) is 0. The van der Waals surface area contributed by atoms with E-state index in [1.165, 1.54) is 11.5 Å². The molecule has 96 valence electrons. The molecule has 0 saturated heterocycles. The maximum Gasteiger partial charge on any atom is 0.256 e. The van der Waals surface area contributed by atoms with Gasteiger partial charge in [0.1, 0.15) is 5.00 Å². The Morgan fingerprint density at radius 2 is 2.29 bits per heavy atom. The van der Waals surface area contributed by atoms with E-state index in [1.54, 1.807) is 7.05 Å². The van der Waals surface area contributed by atoms with Gasteiger partial charge in [-0.3, -0.25) is 4.79 Å². The molecule has 2 N–H and O–H groups in total. The first kappa shape index (κ1) is 13.9. The Hall–Kier alpha value is -1.14. The highest BCUT2D eigenvalue weighted by atomic mass is 32.1. The highest BCUT2D eigenvalue weighted by molar-refractivity contribution is 7.10. The average Bonchev–Trinajstić information content (AvgIpc) is 2.70. The number of nitrogens with zero attached hydrogens (tertiary/aromatic N) is 1. The highest BCUT2D eigenvalue weighted by Crippen LogP contribution is 2.23. The fourth-order valence-corrected chi connectivity index (χ4v) is 2.16. The summed E-state index contributed by atoms with van der Waals surface area (Å²) < 4.78 is 9.36. The second-order valence-corrected chi connectivity index (χ2v) is 4.30. The summed E-state index contributed by atoms with van der Waals surface area (Å²) in [4.78, 5) is 11.9. The van der Waals surface area contributed by atoms with E-state index in [9.17, 15) is 4.79 Å². The minimum absolute atomic E-state index is 0.0721. The van der Waals surface area contributed by atoms with Crippen LogP contribution in [0.4, 0.5) is 5.00 Å². The van der Waals surface area contributed by atoms with Crippen LogP contribution in [0.3, 0.4) is 0 Å². The van der Waals surface area contributed by atoms with Crippen LogP contribution in [-0.2, 0) is 4.74 Å². The van der Waals surface area contributed by atoms with Crippen LogP contribution in [0.25, 0.3) is 0 Å². The van der Waals surface area contributed by atoms with Crippen LogP contribution >= 0.6 is 11.5 Å². The number of anilines is 1. The van der Waals surface area contributed by atoms with Crippen molar-refractivity contribution in [3.63, 3.8) is 0 Å². The number of carbonyl (C=O) groups is 1. The molecule has 1 aromatic rings. The van der Waals surface area contributed by atoms with Gasteiger partial charge in [-0.2, -0.15) is 4.37 Å². The molecule has 0 aliphatic rings. The number of nitrogens with one attached hydrogen (secondary N) is 2. The molecule has 1 aromatic heterocycles. The Morgan fingerprint density at radius 1 is 1.53 bits per heavy atom. The zero-order valence-electron chi connectivity index (χ0n) is 10.5. The van der Waals surface area contributed by atoms with Crippen molar-refractivity contribution < 1.29 is 9.53 Å². The van der Waals surface area contributed by atoms with Gasteiger partial charge in [-0.15, -0.1) is 0 Å².